The molecule has 3 N–H and O–H groups in total. The number of hydrogen-bond donors (Lipinski definition) is 2. The maximum atomic E-state index is 11.9. The predicted molar refractivity (Wildman–Crippen MR) is 93.0 cm³/mol. The standard InChI is InChI=1S/C16H17N5O2S/c1-11-13(7-9-23-11)15-19-20-16(21(15)17)24-10-8-14(22)18-12-5-3-2-4-6-12/h2-7,9H,8,10,17H2,1H3,(H,18,22). The summed E-state index contributed by atoms with van der Waals surface area (Å²) in [5, 5.41) is 11.6. The predicted octanol–water partition coefficient (Wildman–Crippen LogP) is 2.68. The number of amides is 1. The van der Waals surface area contributed by atoms with Crippen molar-refractivity contribution < 1.29 is 9.21 Å². The highest BCUT2D eigenvalue weighted by Gasteiger charge is 2.15. The molecule has 124 valence electrons. The summed E-state index contributed by atoms with van der Waals surface area (Å²) in [5.41, 5.74) is 1.59. The Morgan fingerprint density at radius 3 is 2.79 bits per heavy atom. The Balaban J connectivity index is 1.55. The van der Waals surface area contributed by atoms with Gasteiger partial charge < -0.3 is 15.6 Å². The van der Waals surface area contributed by atoms with Gasteiger partial charge in [-0.1, -0.05) is 30.0 Å². The van der Waals surface area contributed by atoms with Gasteiger partial charge in [0.2, 0.25) is 11.1 Å². The molecule has 3 aromatic rings. The minimum atomic E-state index is -0.0531. The van der Waals surface area contributed by atoms with Gasteiger partial charge in [-0.2, -0.15) is 0 Å². The molecule has 0 aliphatic rings. The van der Waals surface area contributed by atoms with Crippen molar-refractivity contribution in [3.05, 3.63) is 48.4 Å². The number of nitrogens with one attached hydrogen (secondary N) is 1. The minimum Gasteiger partial charge on any atom is -0.469 e. The fraction of sp³-hybridized carbons (Fsp3) is 0.188. The first-order valence-electron chi connectivity index (χ1n) is 7.38. The number of thioether (sulfide) groups is 1. The van der Waals surface area contributed by atoms with E-state index in [1.807, 2.05) is 37.3 Å². The summed E-state index contributed by atoms with van der Waals surface area (Å²) >= 11 is 1.38. The largest absolute Gasteiger partial charge is 0.469 e. The topological polar surface area (TPSA) is 99.0 Å². The first-order chi connectivity index (χ1) is 11.6. The lowest BCUT2D eigenvalue weighted by atomic mass is 10.2. The Bertz CT molecular complexity index is 828. The molecule has 0 saturated carbocycles. The number of aromatic nitrogens is 3. The maximum absolute atomic E-state index is 11.9. The lowest BCUT2D eigenvalue weighted by Gasteiger charge is -2.05. The lowest BCUT2D eigenvalue weighted by Crippen LogP contribution is -2.14. The van der Waals surface area contributed by atoms with E-state index in [4.69, 9.17) is 10.3 Å². The molecule has 7 nitrogen and oxygen atoms in total. The molecule has 2 aromatic heterocycles. The molecular formula is C16H17N5O2S. The van der Waals surface area contributed by atoms with Crippen LogP contribution in [0.2, 0.25) is 0 Å². The molecule has 2 heterocycles. The van der Waals surface area contributed by atoms with E-state index < -0.39 is 0 Å². The Kier molecular flexibility index (Phi) is 4.85. The molecule has 0 aliphatic carbocycles. The second-order valence-electron chi connectivity index (χ2n) is 5.08. The summed E-state index contributed by atoms with van der Waals surface area (Å²) in [5.74, 6) is 7.80. The average Bonchev–Trinajstić information content (AvgIpc) is 3.14. The highest BCUT2D eigenvalue weighted by molar-refractivity contribution is 7.99. The SMILES string of the molecule is Cc1occc1-c1nnc(SCCC(=O)Nc2ccccc2)n1N. The number of anilines is 1. The van der Waals surface area contributed by atoms with Crippen LogP contribution in [-0.4, -0.2) is 26.5 Å². The fourth-order valence-electron chi connectivity index (χ4n) is 2.16. The second kappa shape index (κ2) is 7.22. The highest BCUT2D eigenvalue weighted by atomic mass is 32.2. The molecule has 0 unspecified atom stereocenters. The minimum absolute atomic E-state index is 0.0531. The van der Waals surface area contributed by atoms with Crippen LogP contribution in [-0.2, 0) is 4.79 Å². The molecule has 0 aliphatic heterocycles. The van der Waals surface area contributed by atoms with E-state index in [2.05, 4.69) is 15.5 Å². The van der Waals surface area contributed by atoms with Gasteiger partial charge in [0.15, 0.2) is 5.82 Å². The first-order valence-corrected chi connectivity index (χ1v) is 8.36. The summed E-state index contributed by atoms with van der Waals surface area (Å²) in [4.78, 5) is 11.9. The zero-order valence-electron chi connectivity index (χ0n) is 13.1. The van der Waals surface area contributed by atoms with Crippen LogP contribution in [0.1, 0.15) is 12.2 Å². The molecule has 0 saturated heterocycles. The smallest absolute Gasteiger partial charge is 0.225 e. The van der Waals surface area contributed by atoms with E-state index in [1.165, 1.54) is 16.4 Å². The third kappa shape index (κ3) is 3.60. The number of rotatable bonds is 6. The summed E-state index contributed by atoms with van der Waals surface area (Å²) in [6.07, 6.45) is 1.94. The van der Waals surface area contributed by atoms with E-state index in [9.17, 15) is 4.79 Å². The van der Waals surface area contributed by atoms with E-state index in [-0.39, 0.29) is 5.91 Å². The van der Waals surface area contributed by atoms with Crippen LogP contribution in [0.15, 0.2) is 52.2 Å². The molecule has 1 amide bonds. The van der Waals surface area contributed by atoms with E-state index >= 15 is 0 Å². The summed E-state index contributed by atoms with van der Waals surface area (Å²) in [6, 6.07) is 11.1. The van der Waals surface area contributed by atoms with Crippen LogP contribution < -0.4 is 11.2 Å². The van der Waals surface area contributed by atoms with E-state index in [0.29, 0.717) is 23.2 Å². The lowest BCUT2D eigenvalue weighted by molar-refractivity contribution is -0.115. The van der Waals surface area contributed by atoms with Crippen molar-refractivity contribution in [3.8, 4) is 11.4 Å². The fourth-order valence-corrected chi connectivity index (χ4v) is 2.95. The zero-order valence-corrected chi connectivity index (χ0v) is 13.9. The van der Waals surface area contributed by atoms with Gasteiger partial charge in [-0.25, -0.2) is 4.68 Å². The third-order valence-electron chi connectivity index (χ3n) is 3.38. The quantitative estimate of drug-likeness (QED) is 0.527. The number of nitrogens with two attached hydrogens (primary N) is 1. The summed E-state index contributed by atoms with van der Waals surface area (Å²) < 4.78 is 6.67. The number of nitrogen functional groups attached to an aromatic ring is 1. The van der Waals surface area contributed by atoms with Crippen LogP contribution in [0.3, 0.4) is 0 Å². The monoisotopic (exact) mass is 343 g/mol. The first kappa shape index (κ1) is 16.1. The van der Waals surface area contributed by atoms with E-state index in [1.54, 1.807) is 12.3 Å². The number of aryl methyl sites for hydroxylation is 1. The molecule has 1 aromatic carbocycles. The van der Waals surface area contributed by atoms with Crippen molar-refractivity contribution >= 4 is 23.4 Å². The van der Waals surface area contributed by atoms with Crippen LogP contribution in [0.5, 0.6) is 0 Å². The van der Waals surface area contributed by atoms with Crippen LogP contribution in [0.25, 0.3) is 11.4 Å². The number of para-hydroxylation sites is 1. The van der Waals surface area contributed by atoms with Crippen LogP contribution in [0, 0.1) is 6.92 Å². The van der Waals surface area contributed by atoms with Gasteiger partial charge >= 0.3 is 0 Å². The van der Waals surface area contributed by atoms with Gasteiger partial charge in [0.1, 0.15) is 5.76 Å². The van der Waals surface area contributed by atoms with Gasteiger partial charge in [0, 0.05) is 17.9 Å². The number of hydrogen-bond acceptors (Lipinski definition) is 6. The number of nitrogens with zero attached hydrogens (tertiary/aromatic N) is 3. The molecule has 0 atom stereocenters. The Morgan fingerprint density at radius 2 is 2.08 bits per heavy atom. The molecule has 0 fully saturated rings. The normalized spacial score (nSPS) is 10.7. The van der Waals surface area contributed by atoms with Gasteiger partial charge in [-0.15, -0.1) is 10.2 Å². The molecular weight excluding hydrogens is 326 g/mol. The van der Waals surface area contributed by atoms with Crippen LogP contribution in [0.4, 0.5) is 5.69 Å². The van der Waals surface area contributed by atoms with Gasteiger partial charge in [-0.3, -0.25) is 4.79 Å². The molecule has 0 bridgehead atoms. The van der Waals surface area contributed by atoms with Gasteiger partial charge in [0.05, 0.1) is 11.8 Å². The van der Waals surface area contributed by atoms with Crippen LogP contribution >= 0.6 is 11.8 Å². The molecule has 24 heavy (non-hydrogen) atoms. The Morgan fingerprint density at radius 1 is 1.29 bits per heavy atom. The van der Waals surface area contributed by atoms with Crippen molar-refractivity contribution in [2.24, 2.45) is 0 Å². The van der Waals surface area contributed by atoms with E-state index in [0.717, 1.165) is 17.0 Å². The van der Waals surface area contributed by atoms with Gasteiger partial charge in [-0.05, 0) is 25.1 Å². The number of carbonyl (C=O) groups excluding carboxylic acids is 1. The number of furan rings is 1. The van der Waals surface area contributed by atoms with Gasteiger partial charge in [0.25, 0.3) is 0 Å². The summed E-state index contributed by atoms with van der Waals surface area (Å²) in [6.45, 7) is 1.84. The average molecular weight is 343 g/mol. The number of benzene rings is 1. The molecule has 0 spiro atoms. The second-order valence-corrected chi connectivity index (χ2v) is 6.14. The molecule has 3 rings (SSSR count). The number of carbonyl (C=O) groups is 1. The molecule has 0 radical (unpaired) electrons. The molecule has 8 heteroatoms. The van der Waals surface area contributed by atoms with Crippen molar-refractivity contribution in [1.29, 1.82) is 0 Å². The highest BCUT2D eigenvalue weighted by Crippen LogP contribution is 2.25. The third-order valence-corrected chi connectivity index (χ3v) is 4.33. The Hall–Kier alpha value is -2.74. The van der Waals surface area contributed by atoms with Crippen molar-refractivity contribution in [3.63, 3.8) is 0 Å². The van der Waals surface area contributed by atoms with Crippen molar-refractivity contribution in [2.75, 3.05) is 16.9 Å². The van der Waals surface area contributed by atoms with Crippen molar-refractivity contribution in [1.82, 2.24) is 14.9 Å². The maximum Gasteiger partial charge on any atom is 0.225 e. The Labute approximate surface area is 143 Å². The zero-order chi connectivity index (χ0) is 16.9. The van der Waals surface area contributed by atoms with Crippen molar-refractivity contribution in [2.45, 2.75) is 18.5 Å². The summed E-state index contributed by atoms with van der Waals surface area (Å²) in [7, 11) is 0.